The first-order valence-electron chi connectivity index (χ1n) is 7.46. The topological polar surface area (TPSA) is 78.6 Å². The van der Waals surface area contributed by atoms with Crippen molar-refractivity contribution in [2.45, 2.75) is 38.3 Å². The third-order valence-corrected chi connectivity index (χ3v) is 4.16. The number of para-hydroxylation sites is 1. The summed E-state index contributed by atoms with van der Waals surface area (Å²) in [5.74, 6) is 0. The third kappa shape index (κ3) is 3.71. The molecule has 0 radical (unpaired) electrons. The monoisotopic (exact) mass is 293 g/mol. The van der Waals surface area contributed by atoms with Crippen LogP contribution >= 0.6 is 0 Å². The molecule has 1 aromatic rings. The number of nitrogens with zero attached hydrogens (tertiary/aromatic N) is 2. The van der Waals surface area contributed by atoms with Gasteiger partial charge in [-0.05, 0) is 24.9 Å². The Labute approximate surface area is 124 Å². The number of nitrogens with one attached hydrogen (secondary N) is 1. The molecule has 1 heterocycles. The number of likely N-dealkylation sites (tertiary alicyclic amines) is 1. The Balaban J connectivity index is 2.25. The van der Waals surface area contributed by atoms with E-state index < -0.39 is 0 Å². The van der Waals surface area contributed by atoms with E-state index in [2.05, 4.69) is 10.2 Å². The van der Waals surface area contributed by atoms with Gasteiger partial charge in [0.2, 0.25) is 0 Å². The lowest BCUT2D eigenvalue weighted by Gasteiger charge is -2.29. The molecule has 6 heteroatoms. The van der Waals surface area contributed by atoms with E-state index in [9.17, 15) is 15.2 Å². The smallest absolute Gasteiger partial charge is 0.292 e. The fourth-order valence-corrected chi connectivity index (χ4v) is 3.03. The summed E-state index contributed by atoms with van der Waals surface area (Å²) < 4.78 is 0. The number of anilines is 1. The van der Waals surface area contributed by atoms with Crippen molar-refractivity contribution in [1.29, 1.82) is 0 Å². The number of rotatable bonds is 5. The van der Waals surface area contributed by atoms with Crippen LogP contribution in [-0.4, -0.2) is 41.2 Å². The number of hydrogen-bond acceptors (Lipinski definition) is 5. The minimum Gasteiger partial charge on any atom is -0.395 e. The molecule has 2 N–H and O–H groups in total. The molecule has 1 fully saturated rings. The molecule has 21 heavy (non-hydrogen) atoms. The van der Waals surface area contributed by atoms with Crippen molar-refractivity contribution in [3.8, 4) is 0 Å². The molecule has 1 saturated heterocycles. The summed E-state index contributed by atoms with van der Waals surface area (Å²) in [5, 5.41) is 23.6. The van der Waals surface area contributed by atoms with Crippen molar-refractivity contribution >= 4 is 11.4 Å². The molecule has 0 bridgehead atoms. The lowest BCUT2D eigenvalue weighted by atomic mass is 10.1. The van der Waals surface area contributed by atoms with Crippen molar-refractivity contribution in [3.05, 3.63) is 33.9 Å². The molecule has 1 unspecified atom stereocenters. The molecule has 1 aliphatic rings. The largest absolute Gasteiger partial charge is 0.395 e. The SMILES string of the molecule is CNc1c(CN2CCCCCC2CO)cccc1[N+](=O)[O-]. The van der Waals surface area contributed by atoms with Crippen LogP contribution in [0, 0.1) is 10.1 Å². The van der Waals surface area contributed by atoms with Crippen LogP contribution in [-0.2, 0) is 6.54 Å². The zero-order chi connectivity index (χ0) is 15.2. The zero-order valence-electron chi connectivity index (χ0n) is 12.4. The summed E-state index contributed by atoms with van der Waals surface area (Å²) in [6.07, 6.45) is 4.41. The molecule has 0 saturated carbocycles. The van der Waals surface area contributed by atoms with Gasteiger partial charge in [0.1, 0.15) is 5.69 Å². The molecule has 1 atom stereocenters. The van der Waals surface area contributed by atoms with Gasteiger partial charge in [-0.3, -0.25) is 15.0 Å². The molecular formula is C15H23N3O3. The molecule has 0 amide bonds. The van der Waals surface area contributed by atoms with Crippen LogP contribution in [0.15, 0.2) is 18.2 Å². The number of aliphatic hydroxyl groups excluding tert-OH is 1. The summed E-state index contributed by atoms with van der Waals surface area (Å²) in [7, 11) is 1.71. The fraction of sp³-hybridized carbons (Fsp3) is 0.600. The van der Waals surface area contributed by atoms with E-state index in [1.54, 1.807) is 13.1 Å². The third-order valence-electron chi connectivity index (χ3n) is 4.16. The highest BCUT2D eigenvalue weighted by Gasteiger charge is 2.23. The maximum Gasteiger partial charge on any atom is 0.292 e. The second-order valence-electron chi connectivity index (χ2n) is 5.47. The lowest BCUT2D eigenvalue weighted by molar-refractivity contribution is -0.384. The Morgan fingerprint density at radius 2 is 2.24 bits per heavy atom. The van der Waals surface area contributed by atoms with Gasteiger partial charge in [0, 0.05) is 25.7 Å². The summed E-state index contributed by atoms with van der Waals surface area (Å²) in [6, 6.07) is 5.30. The van der Waals surface area contributed by atoms with Crippen LogP contribution in [0.5, 0.6) is 0 Å². The van der Waals surface area contributed by atoms with E-state index in [-0.39, 0.29) is 23.3 Å². The van der Waals surface area contributed by atoms with E-state index >= 15 is 0 Å². The zero-order valence-corrected chi connectivity index (χ0v) is 12.4. The number of hydrogen-bond donors (Lipinski definition) is 2. The van der Waals surface area contributed by atoms with Gasteiger partial charge in [0.05, 0.1) is 11.5 Å². The van der Waals surface area contributed by atoms with Gasteiger partial charge < -0.3 is 10.4 Å². The average molecular weight is 293 g/mol. The Hall–Kier alpha value is -1.66. The standard InChI is InChI=1S/C15H23N3O3/c1-16-15-12(6-5-8-14(15)18(20)21)10-17-9-4-2-3-7-13(17)11-19/h5-6,8,13,16,19H,2-4,7,9-11H2,1H3. The van der Waals surface area contributed by atoms with Crippen molar-refractivity contribution in [3.63, 3.8) is 0 Å². The minimum atomic E-state index is -0.360. The van der Waals surface area contributed by atoms with Crippen molar-refractivity contribution in [2.24, 2.45) is 0 Å². The van der Waals surface area contributed by atoms with Crippen LogP contribution in [0.2, 0.25) is 0 Å². The van der Waals surface area contributed by atoms with E-state index in [1.807, 2.05) is 6.07 Å². The Kier molecular flexibility index (Phi) is 5.52. The molecule has 0 aromatic heterocycles. The van der Waals surface area contributed by atoms with Gasteiger partial charge in [-0.25, -0.2) is 0 Å². The predicted molar refractivity (Wildman–Crippen MR) is 82.4 cm³/mol. The van der Waals surface area contributed by atoms with E-state index in [1.165, 1.54) is 12.5 Å². The van der Waals surface area contributed by atoms with Gasteiger partial charge in [-0.15, -0.1) is 0 Å². The Morgan fingerprint density at radius 3 is 2.90 bits per heavy atom. The normalized spacial score (nSPS) is 20.0. The van der Waals surface area contributed by atoms with Crippen LogP contribution in [0.1, 0.15) is 31.2 Å². The molecule has 116 valence electrons. The molecule has 2 rings (SSSR count). The van der Waals surface area contributed by atoms with Gasteiger partial charge in [-0.2, -0.15) is 0 Å². The summed E-state index contributed by atoms with van der Waals surface area (Å²) in [4.78, 5) is 13.0. The Morgan fingerprint density at radius 1 is 1.43 bits per heavy atom. The quantitative estimate of drug-likeness (QED) is 0.643. The van der Waals surface area contributed by atoms with Gasteiger partial charge >= 0.3 is 0 Å². The van der Waals surface area contributed by atoms with Crippen LogP contribution in [0.4, 0.5) is 11.4 Å². The van der Waals surface area contributed by atoms with E-state index in [0.717, 1.165) is 31.4 Å². The summed E-state index contributed by atoms with van der Waals surface area (Å²) in [6.45, 7) is 1.70. The average Bonchev–Trinajstić information content (AvgIpc) is 2.71. The first kappa shape index (κ1) is 15.7. The van der Waals surface area contributed by atoms with Gasteiger partial charge in [0.25, 0.3) is 5.69 Å². The predicted octanol–water partition coefficient (Wildman–Crippen LogP) is 2.37. The second kappa shape index (κ2) is 7.38. The maximum absolute atomic E-state index is 11.1. The van der Waals surface area contributed by atoms with Crippen molar-refractivity contribution in [2.75, 3.05) is 25.5 Å². The molecule has 6 nitrogen and oxygen atoms in total. The highest BCUT2D eigenvalue weighted by atomic mass is 16.6. The van der Waals surface area contributed by atoms with E-state index in [4.69, 9.17) is 0 Å². The van der Waals surface area contributed by atoms with Crippen LogP contribution in [0.3, 0.4) is 0 Å². The number of nitro groups is 1. The summed E-state index contributed by atoms with van der Waals surface area (Å²) >= 11 is 0. The molecule has 0 aliphatic carbocycles. The second-order valence-corrected chi connectivity index (χ2v) is 5.47. The molecular weight excluding hydrogens is 270 g/mol. The molecule has 0 spiro atoms. The Bertz CT molecular complexity index is 493. The molecule has 1 aromatic carbocycles. The maximum atomic E-state index is 11.1. The highest BCUT2D eigenvalue weighted by molar-refractivity contribution is 5.66. The first-order valence-corrected chi connectivity index (χ1v) is 7.46. The molecule has 1 aliphatic heterocycles. The van der Waals surface area contributed by atoms with Crippen LogP contribution in [0.25, 0.3) is 0 Å². The van der Waals surface area contributed by atoms with Crippen molar-refractivity contribution in [1.82, 2.24) is 4.90 Å². The lowest BCUT2D eigenvalue weighted by Crippen LogP contribution is -2.37. The van der Waals surface area contributed by atoms with Gasteiger partial charge in [0.15, 0.2) is 0 Å². The number of nitro benzene ring substituents is 1. The van der Waals surface area contributed by atoms with Gasteiger partial charge in [-0.1, -0.05) is 25.0 Å². The number of benzene rings is 1. The fourth-order valence-electron chi connectivity index (χ4n) is 3.03. The summed E-state index contributed by atoms with van der Waals surface area (Å²) in [5.41, 5.74) is 1.58. The van der Waals surface area contributed by atoms with E-state index in [0.29, 0.717) is 12.2 Å². The van der Waals surface area contributed by atoms with Crippen molar-refractivity contribution < 1.29 is 10.0 Å². The minimum absolute atomic E-state index is 0.102. The number of aliphatic hydroxyl groups is 1. The van der Waals surface area contributed by atoms with Crippen LogP contribution < -0.4 is 5.32 Å². The first-order chi connectivity index (χ1) is 10.2. The highest BCUT2D eigenvalue weighted by Crippen LogP contribution is 2.30.